The van der Waals surface area contributed by atoms with Crippen molar-refractivity contribution in [1.82, 2.24) is 0 Å². The van der Waals surface area contributed by atoms with Crippen LogP contribution in [0.3, 0.4) is 0 Å². The molecule has 1 atom stereocenters. The van der Waals surface area contributed by atoms with Crippen LogP contribution in [0, 0.1) is 0 Å². The summed E-state index contributed by atoms with van der Waals surface area (Å²) in [5.41, 5.74) is 2.38. The minimum absolute atomic E-state index is 0.00910. The summed E-state index contributed by atoms with van der Waals surface area (Å²) in [4.78, 5) is 27.7. The van der Waals surface area contributed by atoms with Gasteiger partial charge in [0.1, 0.15) is 4.90 Å². The minimum atomic E-state index is -4.66. The molecule has 0 spiro atoms. The van der Waals surface area contributed by atoms with Crippen LogP contribution < -0.4 is 0 Å². The number of rotatable bonds is 10. The lowest BCUT2D eigenvalue weighted by Crippen LogP contribution is -2.28. The zero-order valence-corrected chi connectivity index (χ0v) is 16.7. The number of allylic oxidation sites excluding steroid dienone is 4. The third-order valence-corrected chi connectivity index (χ3v) is 10.6. The van der Waals surface area contributed by atoms with Gasteiger partial charge < -0.3 is 14.7 Å². The summed E-state index contributed by atoms with van der Waals surface area (Å²) >= 11 is 0. The van der Waals surface area contributed by atoms with Gasteiger partial charge in [-0.25, -0.2) is 0 Å². The average Bonchev–Trinajstić information content (AvgIpc) is 2.37. The summed E-state index contributed by atoms with van der Waals surface area (Å²) in [7, 11) is -8.64. The predicted octanol–water partition coefficient (Wildman–Crippen LogP) is 5.03. The standard InChI is InChI=1S/C16H32O5P2/c1-6-16(7-2,23(19,20)21)22(17,18)13-9-12-15(5)11-8-10-14(3)4/h10,12H,6-9,11,13H2,1-5H3,(H,17,18)(H2,19,20,21)/b15-12+. The largest absolute Gasteiger partial charge is 0.343 e. The quantitative estimate of drug-likeness (QED) is 0.372. The molecule has 0 aromatic heterocycles. The third-order valence-electron chi connectivity index (χ3n) is 4.34. The summed E-state index contributed by atoms with van der Waals surface area (Å²) in [6, 6.07) is 0. The van der Waals surface area contributed by atoms with Crippen LogP contribution in [-0.4, -0.2) is 25.7 Å². The summed E-state index contributed by atoms with van der Waals surface area (Å²) in [6.45, 7) is 9.17. The summed E-state index contributed by atoms with van der Waals surface area (Å²) in [5, 5.41) is 0. The molecule has 7 heteroatoms. The van der Waals surface area contributed by atoms with Gasteiger partial charge in [-0.3, -0.25) is 9.13 Å². The minimum Gasteiger partial charge on any atom is -0.343 e. The van der Waals surface area contributed by atoms with Crippen LogP contribution in [0.15, 0.2) is 23.3 Å². The highest BCUT2D eigenvalue weighted by Gasteiger charge is 2.56. The fraction of sp³-hybridized carbons (Fsp3) is 0.750. The van der Waals surface area contributed by atoms with Crippen molar-refractivity contribution in [3.05, 3.63) is 23.3 Å². The summed E-state index contributed by atoms with van der Waals surface area (Å²) in [5.74, 6) is 0. The zero-order chi connectivity index (χ0) is 18.3. The van der Waals surface area contributed by atoms with Gasteiger partial charge in [0, 0.05) is 6.16 Å². The van der Waals surface area contributed by atoms with Crippen LogP contribution >= 0.6 is 15.0 Å². The molecule has 0 radical (unpaired) electrons. The second-order valence-corrected chi connectivity index (χ2v) is 11.3. The van der Waals surface area contributed by atoms with Crippen LogP contribution in [-0.2, 0) is 9.13 Å². The van der Waals surface area contributed by atoms with Gasteiger partial charge >= 0.3 is 7.60 Å². The second kappa shape index (κ2) is 9.34. The molecule has 0 aromatic rings. The molecule has 0 aliphatic rings. The van der Waals surface area contributed by atoms with Gasteiger partial charge in [-0.2, -0.15) is 0 Å². The molecule has 0 aromatic carbocycles. The monoisotopic (exact) mass is 366 g/mol. The van der Waals surface area contributed by atoms with Gasteiger partial charge in [0.2, 0.25) is 7.37 Å². The highest BCUT2D eigenvalue weighted by atomic mass is 31.2. The highest BCUT2D eigenvalue weighted by molar-refractivity contribution is 7.75. The predicted molar refractivity (Wildman–Crippen MR) is 97.1 cm³/mol. The molecule has 0 heterocycles. The zero-order valence-electron chi connectivity index (χ0n) is 14.9. The Morgan fingerprint density at radius 2 is 1.48 bits per heavy atom. The molecule has 0 bridgehead atoms. The molecule has 0 saturated carbocycles. The molecule has 5 nitrogen and oxygen atoms in total. The SMILES string of the molecule is CCC(CC)(P(=O)(O)O)P(=O)(O)CC/C=C(\C)CCC=C(C)C. The van der Waals surface area contributed by atoms with Gasteiger partial charge in [0.15, 0.2) is 0 Å². The van der Waals surface area contributed by atoms with Gasteiger partial charge in [-0.15, -0.1) is 0 Å². The maximum Gasteiger partial charge on any atom is 0.341 e. The first-order valence-corrected chi connectivity index (χ1v) is 11.6. The van der Waals surface area contributed by atoms with Crippen molar-refractivity contribution >= 4 is 15.0 Å². The van der Waals surface area contributed by atoms with Gasteiger partial charge in [-0.05, 0) is 52.9 Å². The van der Waals surface area contributed by atoms with Crippen molar-refractivity contribution in [2.75, 3.05) is 6.16 Å². The van der Waals surface area contributed by atoms with E-state index in [4.69, 9.17) is 0 Å². The van der Waals surface area contributed by atoms with Crippen molar-refractivity contribution in [2.24, 2.45) is 0 Å². The molecule has 0 fully saturated rings. The topological polar surface area (TPSA) is 94.8 Å². The molecule has 136 valence electrons. The van der Waals surface area contributed by atoms with Crippen molar-refractivity contribution < 1.29 is 23.8 Å². The third kappa shape index (κ3) is 6.32. The second-order valence-electron chi connectivity index (χ2n) is 6.32. The van der Waals surface area contributed by atoms with Crippen molar-refractivity contribution in [1.29, 1.82) is 0 Å². The molecule has 23 heavy (non-hydrogen) atoms. The van der Waals surface area contributed by atoms with E-state index in [1.54, 1.807) is 13.8 Å². The summed E-state index contributed by atoms with van der Waals surface area (Å²) < 4.78 is 24.5. The Labute approximate surface area is 140 Å². The maximum atomic E-state index is 12.7. The Balaban J connectivity index is 4.96. The molecule has 0 aliphatic carbocycles. The van der Waals surface area contributed by atoms with Crippen LogP contribution in [0.1, 0.15) is 66.7 Å². The molecule has 1 unspecified atom stereocenters. The molecule has 0 saturated heterocycles. The molecule has 3 N–H and O–H groups in total. The van der Waals surface area contributed by atoms with Crippen molar-refractivity contribution in [2.45, 2.75) is 71.6 Å². The van der Waals surface area contributed by atoms with E-state index < -0.39 is 19.9 Å². The van der Waals surface area contributed by atoms with E-state index in [0.29, 0.717) is 6.42 Å². The van der Waals surface area contributed by atoms with Crippen LogP contribution in [0.4, 0.5) is 0 Å². The smallest absolute Gasteiger partial charge is 0.341 e. The van der Waals surface area contributed by atoms with E-state index in [1.165, 1.54) is 5.57 Å². The van der Waals surface area contributed by atoms with E-state index in [2.05, 4.69) is 6.08 Å². The Hall–Kier alpha value is -0.180. The molecular weight excluding hydrogens is 334 g/mol. The van der Waals surface area contributed by atoms with E-state index in [9.17, 15) is 23.8 Å². The molecule has 0 aliphatic heterocycles. The van der Waals surface area contributed by atoms with Gasteiger partial charge in [0.05, 0.1) is 0 Å². The Morgan fingerprint density at radius 1 is 0.957 bits per heavy atom. The lowest BCUT2D eigenvalue weighted by molar-refractivity contribution is 0.331. The fourth-order valence-corrected chi connectivity index (χ4v) is 7.38. The average molecular weight is 366 g/mol. The number of hydrogen-bond acceptors (Lipinski definition) is 2. The van der Waals surface area contributed by atoms with E-state index in [-0.39, 0.29) is 19.0 Å². The summed E-state index contributed by atoms with van der Waals surface area (Å²) in [6.07, 6.45) is 6.09. The highest BCUT2D eigenvalue weighted by Crippen LogP contribution is 2.73. The first-order valence-electron chi connectivity index (χ1n) is 8.10. The van der Waals surface area contributed by atoms with E-state index in [1.807, 2.05) is 26.8 Å². The van der Waals surface area contributed by atoms with E-state index in [0.717, 1.165) is 18.4 Å². The first kappa shape index (κ1) is 22.8. The molecular formula is C16H32O5P2. The van der Waals surface area contributed by atoms with Gasteiger partial charge in [0.25, 0.3) is 0 Å². The first-order chi connectivity index (χ1) is 10.4. The van der Waals surface area contributed by atoms with Crippen molar-refractivity contribution in [3.63, 3.8) is 0 Å². The maximum absolute atomic E-state index is 12.7. The lowest BCUT2D eigenvalue weighted by atomic mass is 10.1. The van der Waals surface area contributed by atoms with E-state index >= 15 is 0 Å². The Kier molecular flexibility index (Phi) is 9.27. The Morgan fingerprint density at radius 3 is 1.87 bits per heavy atom. The molecule has 0 amide bonds. The van der Waals surface area contributed by atoms with Crippen LogP contribution in [0.5, 0.6) is 0 Å². The number of hydrogen-bond donors (Lipinski definition) is 3. The molecule has 0 rings (SSSR count). The van der Waals surface area contributed by atoms with Crippen LogP contribution in [0.25, 0.3) is 0 Å². The fourth-order valence-electron chi connectivity index (χ4n) is 2.74. The lowest BCUT2D eigenvalue weighted by Gasteiger charge is -2.36. The van der Waals surface area contributed by atoms with Gasteiger partial charge in [-0.1, -0.05) is 37.1 Å². The van der Waals surface area contributed by atoms with Crippen molar-refractivity contribution in [3.8, 4) is 0 Å². The van der Waals surface area contributed by atoms with Crippen LogP contribution in [0.2, 0.25) is 0 Å². The normalized spacial score (nSPS) is 16.1. The Bertz CT molecular complexity index is 523.